The zero-order valence-corrected chi connectivity index (χ0v) is 32.9. The van der Waals surface area contributed by atoms with Crippen LogP contribution < -0.4 is 5.32 Å². The van der Waals surface area contributed by atoms with Crippen molar-refractivity contribution in [2.45, 2.75) is 180 Å². The molecule has 0 fully saturated rings. The third kappa shape index (κ3) is 33.5. The quantitative estimate of drug-likeness (QED) is 0.0263. The SMILES string of the molecule is CCC/C=C\CCCCCCCC(=O)NC(COP(=O)(O)OCC[N+](C)(C)C)C(O)/C=C/CCCCCCCCCCCCCCCC. The number of phosphoric acid groups is 1. The maximum Gasteiger partial charge on any atom is 0.472 e. The van der Waals surface area contributed by atoms with Crippen molar-refractivity contribution < 1.29 is 32.9 Å². The van der Waals surface area contributed by atoms with E-state index in [9.17, 15) is 19.4 Å². The fourth-order valence-corrected chi connectivity index (χ4v) is 6.19. The van der Waals surface area contributed by atoms with Gasteiger partial charge in [0.25, 0.3) is 0 Å². The highest BCUT2D eigenvalue weighted by atomic mass is 31.2. The molecule has 0 rings (SSSR count). The van der Waals surface area contributed by atoms with Gasteiger partial charge in [-0.2, -0.15) is 0 Å². The summed E-state index contributed by atoms with van der Waals surface area (Å²) in [5.41, 5.74) is 0. The molecule has 0 bridgehead atoms. The normalized spacial score (nSPS) is 14.9. The largest absolute Gasteiger partial charge is 0.472 e. The summed E-state index contributed by atoms with van der Waals surface area (Å²) in [4.78, 5) is 22.9. The molecular weight excluding hydrogens is 623 g/mol. The van der Waals surface area contributed by atoms with E-state index in [0.29, 0.717) is 17.4 Å². The molecule has 0 aliphatic heterocycles. The molecule has 0 saturated carbocycles. The summed E-state index contributed by atoms with van der Waals surface area (Å²) in [6.07, 6.45) is 35.3. The lowest BCUT2D eigenvalue weighted by molar-refractivity contribution is -0.870. The lowest BCUT2D eigenvalue weighted by Gasteiger charge is -2.25. The van der Waals surface area contributed by atoms with E-state index in [2.05, 4.69) is 31.3 Å². The molecule has 8 nitrogen and oxygen atoms in total. The molecule has 0 heterocycles. The molecule has 48 heavy (non-hydrogen) atoms. The Bertz CT molecular complexity index is 845. The zero-order chi connectivity index (χ0) is 35.8. The highest BCUT2D eigenvalue weighted by Gasteiger charge is 2.27. The minimum absolute atomic E-state index is 0.0605. The van der Waals surface area contributed by atoms with Gasteiger partial charge < -0.3 is 19.8 Å². The Morgan fingerprint density at radius 1 is 0.688 bits per heavy atom. The van der Waals surface area contributed by atoms with Crippen LogP contribution in [0, 0.1) is 0 Å². The van der Waals surface area contributed by atoms with E-state index in [1.165, 1.54) is 89.9 Å². The predicted molar refractivity (Wildman–Crippen MR) is 203 cm³/mol. The highest BCUT2D eigenvalue weighted by molar-refractivity contribution is 7.47. The first-order valence-corrected chi connectivity index (χ1v) is 21.2. The van der Waals surface area contributed by atoms with Gasteiger partial charge in [0.15, 0.2) is 0 Å². The Kier molecular flexibility index (Phi) is 31.2. The van der Waals surface area contributed by atoms with Gasteiger partial charge in [-0.1, -0.05) is 147 Å². The number of likely N-dealkylation sites (N-methyl/N-ethyl adjacent to an activating group) is 1. The van der Waals surface area contributed by atoms with E-state index in [4.69, 9.17) is 9.05 Å². The zero-order valence-electron chi connectivity index (χ0n) is 32.0. The Morgan fingerprint density at radius 3 is 1.69 bits per heavy atom. The average Bonchev–Trinajstić information content (AvgIpc) is 3.02. The summed E-state index contributed by atoms with van der Waals surface area (Å²) in [7, 11) is 1.56. The molecule has 0 radical (unpaired) electrons. The molecule has 1 amide bonds. The predicted octanol–water partition coefficient (Wildman–Crippen LogP) is 10.2. The van der Waals surface area contributed by atoms with Crippen molar-refractivity contribution in [1.82, 2.24) is 5.32 Å². The first kappa shape index (κ1) is 47.0. The number of nitrogens with one attached hydrogen (secondary N) is 1. The Labute approximate surface area is 296 Å². The van der Waals surface area contributed by atoms with Gasteiger partial charge in [-0.05, 0) is 38.5 Å². The molecule has 9 heteroatoms. The van der Waals surface area contributed by atoms with E-state index < -0.39 is 20.0 Å². The van der Waals surface area contributed by atoms with Crippen LogP contribution in [0.4, 0.5) is 0 Å². The molecule has 0 saturated heterocycles. The smallest absolute Gasteiger partial charge is 0.387 e. The number of carbonyl (C=O) groups is 1. The second-order valence-corrected chi connectivity index (χ2v) is 16.1. The van der Waals surface area contributed by atoms with Crippen LogP contribution in [0.5, 0.6) is 0 Å². The fourth-order valence-electron chi connectivity index (χ4n) is 5.45. The summed E-state index contributed by atoms with van der Waals surface area (Å²) in [5.74, 6) is -0.191. The number of unbranched alkanes of at least 4 members (excludes halogenated alkanes) is 20. The summed E-state index contributed by atoms with van der Waals surface area (Å²) < 4.78 is 23.4. The van der Waals surface area contributed by atoms with Crippen LogP contribution in [-0.4, -0.2) is 73.4 Å². The molecule has 0 aromatic rings. The maximum absolute atomic E-state index is 12.7. The van der Waals surface area contributed by atoms with Crippen LogP contribution >= 0.6 is 7.82 Å². The van der Waals surface area contributed by atoms with Gasteiger partial charge in [0, 0.05) is 6.42 Å². The number of rotatable bonds is 35. The number of allylic oxidation sites excluding steroid dienone is 3. The number of hydrogen-bond donors (Lipinski definition) is 3. The first-order valence-electron chi connectivity index (χ1n) is 19.7. The Hall–Kier alpha value is -1.02. The molecule has 284 valence electrons. The molecule has 3 atom stereocenters. The van der Waals surface area contributed by atoms with Crippen molar-refractivity contribution >= 4 is 13.7 Å². The standard InChI is InChI=1S/C39H77N2O6P/c1-6-8-10-12-14-16-18-19-20-21-22-23-24-26-28-30-32-38(42)37(36-47-48(44,45)46-35-34-41(3,4)5)40-39(43)33-31-29-27-25-17-15-13-11-9-7-2/h11,13,30,32,37-38,42H,6-10,12,14-29,31,33-36H2,1-5H3,(H-,40,43,44,45)/p+1/b13-11-,32-30+. The van der Waals surface area contributed by atoms with Crippen molar-refractivity contribution in [3.8, 4) is 0 Å². The number of aliphatic hydroxyl groups excluding tert-OH is 1. The molecule has 0 aliphatic rings. The Morgan fingerprint density at radius 2 is 1.17 bits per heavy atom. The van der Waals surface area contributed by atoms with Crippen LogP contribution in [-0.2, 0) is 18.4 Å². The second-order valence-electron chi connectivity index (χ2n) is 14.7. The number of amides is 1. The van der Waals surface area contributed by atoms with Gasteiger partial charge in [-0.15, -0.1) is 0 Å². The number of carbonyl (C=O) groups excluding carboxylic acids is 1. The first-order chi connectivity index (χ1) is 23.0. The summed E-state index contributed by atoms with van der Waals surface area (Å²) in [5, 5.41) is 13.7. The van der Waals surface area contributed by atoms with Gasteiger partial charge in [0.2, 0.25) is 5.91 Å². The summed E-state index contributed by atoms with van der Waals surface area (Å²) in [6, 6.07) is -0.845. The summed E-state index contributed by atoms with van der Waals surface area (Å²) in [6.45, 7) is 4.73. The minimum atomic E-state index is -4.33. The molecular formula is C39H78N2O6P+. The lowest BCUT2D eigenvalue weighted by Crippen LogP contribution is -2.45. The molecule has 0 spiro atoms. The molecule has 3 unspecified atom stereocenters. The summed E-state index contributed by atoms with van der Waals surface area (Å²) >= 11 is 0. The van der Waals surface area contributed by atoms with Crippen LogP contribution in [0.25, 0.3) is 0 Å². The number of quaternary nitrogens is 1. The van der Waals surface area contributed by atoms with Crippen molar-refractivity contribution in [2.75, 3.05) is 40.9 Å². The lowest BCUT2D eigenvalue weighted by atomic mass is 10.0. The number of hydrogen-bond acceptors (Lipinski definition) is 5. The van der Waals surface area contributed by atoms with Crippen molar-refractivity contribution in [3.05, 3.63) is 24.3 Å². The average molecular weight is 702 g/mol. The highest BCUT2D eigenvalue weighted by Crippen LogP contribution is 2.43. The van der Waals surface area contributed by atoms with Crippen molar-refractivity contribution in [3.63, 3.8) is 0 Å². The van der Waals surface area contributed by atoms with Crippen LogP contribution in [0.3, 0.4) is 0 Å². The maximum atomic E-state index is 12.7. The number of phosphoric ester groups is 1. The molecule has 0 aliphatic carbocycles. The van der Waals surface area contributed by atoms with Gasteiger partial charge in [-0.3, -0.25) is 13.8 Å². The molecule has 0 aromatic heterocycles. The van der Waals surface area contributed by atoms with Gasteiger partial charge >= 0.3 is 7.82 Å². The molecule has 0 aromatic carbocycles. The van der Waals surface area contributed by atoms with Crippen molar-refractivity contribution in [2.24, 2.45) is 0 Å². The second kappa shape index (κ2) is 31.9. The minimum Gasteiger partial charge on any atom is -0.387 e. The van der Waals surface area contributed by atoms with Crippen LogP contribution in [0.15, 0.2) is 24.3 Å². The van der Waals surface area contributed by atoms with Crippen LogP contribution in [0.2, 0.25) is 0 Å². The monoisotopic (exact) mass is 702 g/mol. The van der Waals surface area contributed by atoms with E-state index in [0.717, 1.165) is 57.8 Å². The van der Waals surface area contributed by atoms with Gasteiger partial charge in [0.1, 0.15) is 13.2 Å². The Balaban J connectivity index is 4.50. The van der Waals surface area contributed by atoms with E-state index >= 15 is 0 Å². The van der Waals surface area contributed by atoms with Crippen LogP contribution in [0.1, 0.15) is 168 Å². The van der Waals surface area contributed by atoms with E-state index in [-0.39, 0.29) is 19.1 Å². The van der Waals surface area contributed by atoms with Crippen molar-refractivity contribution in [1.29, 1.82) is 0 Å². The fraction of sp³-hybridized carbons (Fsp3) is 0.872. The third-order valence-corrected chi connectivity index (χ3v) is 9.63. The van der Waals surface area contributed by atoms with Gasteiger partial charge in [0.05, 0.1) is 39.9 Å². The van der Waals surface area contributed by atoms with Gasteiger partial charge in [-0.25, -0.2) is 4.57 Å². The number of nitrogens with zero attached hydrogens (tertiary/aromatic N) is 1. The van der Waals surface area contributed by atoms with E-state index in [1.54, 1.807) is 6.08 Å². The number of aliphatic hydroxyl groups is 1. The van der Waals surface area contributed by atoms with E-state index in [1.807, 2.05) is 27.2 Å². The molecule has 3 N–H and O–H groups in total. The third-order valence-electron chi connectivity index (χ3n) is 8.65. The topological polar surface area (TPSA) is 105 Å².